The van der Waals surface area contributed by atoms with Crippen LogP contribution in [0.15, 0.2) is 5.11 Å². The Morgan fingerprint density at radius 1 is 0.784 bits per heavy atom. The molecular weight excluding hydrogens is 488 g/mol. The number of ether oxygens (including phenoxy) is 5. The minimum absolute atomic E-state index is 0.240. The first kappa shape index (κ1) is 34.2. The van der Waals surface area contributed by atoms with Gasteiger partial charge in [-0.2, -0.15) is 0 Å². The molecule has 0 saturated heterocycles. The number of nitrogens with one attached hydrogen (secondary N) is 3. The second kappa shape index (κ2) is 19.3. The molecule has 214 valence electrons. The van der Waals surface area contributed by atoms with Crippen molar-refractivity contribution in [1.82, 2.24) is 16.0 Å². The van der Waals surface area contributed by atoms with Crippen molar-refractivity contribution in [3.63, 3.8) is 0 Å². The molecule has 3 amide bonds. The van der Waals surface area contributed by atoms with Crippen LogP contribution in [0.1, 0.15) is 54.4 Å². The van der Waals surface area contributed by atoms with E-state index in [2.05, 4.69) is 26.0 Å². The second-order valence-corrected chi connectivity index (χ2v) is 9.85. The highest BCUT2D eigenvalue weighted by molar-refractivity contribution is 5.85. The largest absolute Gasteiger partial charge is 0.444 e. The van der Waals surface area contributed by atoms with Crippen LogP contribution in [0.3, 0.4) is 0 Å². The number of nitrogens with zero attached hydrogens (tertiary/aromatic N) is 3. The molecule has 0 radical (unpaired) electrons. The summed E-state index contributed by atoms with van der Waals surface area (Å²) < 4.78 is 26.4. The van der Waals surface area contributed by atoms with Crippen molar-refractivity contribution in [2.45, 2.75) is 71.6 Å². The van der Waals surface area contributed by atoms with Gasteiger partial charge in [0.25, 0.3) is 0 Å². The van der Waals surface area contributed by atoms with Crippen LogP contribution < -0.4 is 16.0 Å². The molecule has 14 nitrogen and oxygen atoms in total. The van der Waals surface area contributed by atoms with E-state index in [4.69, 9.17) is 29.2 Å². The Morgan fingerprint density at radius 3 is 1.89 bits per heavy atom. The molecule has 0 fully saturated rings. The average Bonchev–Trinajstić information content (AvgIpc) is 2.76. The molecule has 14 heteroatoms. The lowest BCUT2D eigenvalue weighted by molar-refractivity contribution is -0.123. The van der Waals surface area contributed by atoms with Crippen LogP contribution in [-0.4, -0.2) is 94.6 Å². The number of carbonyl (C=O) groups is 3. The minimum atomic E-state index is -0.850. The molecule has 0 aromatic heterocycles. The predicted molar refractivity (Wildman–Crippen MR) is 136 cm³/mol. The summed E-state index contributed by atoms with van der Waals surface area (Å²) in [7, 11) is 0. The van der Waals surface area contributed by atoms with Crippen LogP contribution in [0, 0.1) is 0 Å². The van der Waals surface area contributed by atoms with Crippen LogP contribution >= 0.6 is 0 Å². The fourth-order valence-electron chi connectivity index (χ4n) is 2.59. The highest BCUT2D eigenvalue weighted by Gasteiger charge is 2.24. The molecular formula is C23H44N6O8. The fourth-order valence-corrected chi connectivity index (χ4v) is 2.59. The molecule has 3 N–H and O–H groups in total. The van der Waals surface area contributed by atoms with Crippen molar-refractivity contribution in [1.29, 1.82) is 0 Å². The van der Waals surface area contributed by atoms with Gasteiger partial charge >= 0.3 is 12.2 Å². The number of amides is 3. The lowest BCUT2D eigenvalue weighted by Gasteiger charge is -2.23. The van der Waals surface area contributed by atoms with E-state index in [1.54, 1.807) is 41.5 Å². The summed E-state index contributed by atoms with van der Waals surface area (Å²) in [5.74, 6) is -0.388. The quantitative estimate of drug-likeness (QED) is 0.104. The Labute approximate surface area is 219 Å². The van der Waals surface area contributed by atoms with Crippen molar-refractivity contribution in [2.75, 3.05) is 59.3 Å². The van der Waals surface area contributed by atoms with Gasteiger partial charge in [0, 0.05) is 24.5 Å². The highest BCUT2D eigenvalue weighted by Crippen LogP contribution is 2.08. The van der Waals surface area contributed by atoms with Crippen molar-refractivity contribution in [2.24, 2.45) is 5.11 Å². The predicted octanol–water partition coefficient (Wildman–Crippen LogP) is 2.66. The van der Waals surface area contributed by atoms with Crippen LogP contribution in [0.2, 0.25) is 0 Å². The lowest BCUT2D eigenvalue weighted by Crippen LogP contribution is -2.49. The fraction of sp³-hybridized carbons (Fsp3) is 0.870. The van der Waals surface area contributed by atoms with Crippen molar-refractivity contribution in [3.8, 4) is 0 Å². The molecule has 0 spiro atoms. The summed E-state index contributed by atoms with van der Waals surface area (Å²) in [4.78, 5) is 39.2. The Morgan fingerprint density at radius 2 is 1.32 bits per heavy atom. The molecule has 0 aromatic carbocycles. The zero-order valence-corrected chi connectivity index (χ0v) is 23.0. The summed E-state index contributed by atoms with van der Waals surface area (Å²) in [6.45, 7) is 13.4. The zero-order chi connectivity index (χ0) is 28.2. The van der Waals surface area contributed by atoms with E-state index in [-0.39, 0.29) is 38.6 Å². The maximum atomic E-state index is 12.6. The first-order valence-corrected chi connectivity index (χ1v) is 12.3. The average molecular weight is 533 g/mol. The summed E-state index contributed by atoms with van der Waals surface area (Å²) in [6, 6.07) is -0.850. The summed E-state index contributed by atoms with van der Waals surface area (Å²) >= 11 is 0. The summed E-state index contributed by atoms with van der Waals surface area (Å²) in [6.07, 6.45) is -0.549. The third-order valence-corrected chi connectivity index (χ3v) is 4.03. The number of azide groups is 1. The molecule has 0 aromatic rings. The van der Waals surface area contributed by atoms with E-state index in [0.29, 0.717) is 39.5 Å². The van der Waals surface area contributed by atoms with Crippen molar-refractivity contribution < 1.29 is 38.1 Å². The zero-order valence-electron chi connectivity index (χ0n) is 23.0. The van der Waals surface area contributed by atoms with E-state index in [1.807, 2.05) is 0 Å². The number of carbonyl (C=O) groups excluding carboxylic acids is 3. The molecule has 1 atom stereocenters. The minimum Gasteiger partial charge on any atom is -0.444 e. The Bertz CT molecular complexity index is 717. The molecule has 37 heavy (non-hydrogen) atoms. The van der Waals surface area contributed by atoms with Gasteiger partial charge in [-0.25, -0.2) is 9.59 Å². The third kappa shape index (κ3) is 23.4. The third-order valence-electron chi connectivity index (χ3n) is 4.03. The molecule has 0 unspecified atom stereocenters. The van der Waals surface area contributed by atoms with Crippen LogP contribution in [0.5, 0.6) is 0 Å². The summed E-state index contributed by atoms with van der Waals surface area (Å²) in [5.41, 5.74) is 6.83. The van der Waals surface area contributed by atoms with E-state index in [9.17, 15) is 14.4 Å². The van der Waals surface area contributed by atoms with Gasteiger partial charge < -0.3 is 39.6 Å². The van der Waals surface area contributed by atoms with Crippen molar-refractivity contribution >= 4 is 18.1 Å². The molecule has 0 aliphatic rings. The van der Waals surface area contributed by atoms with E-state index >= 15 is 0 Å². The number of hydrogen-bond acceptors (Lipinski definition) is 9. The number of rotatable bonds is 18. The van der Waals surface area contributed by atoms with Gasteiger partial charge in [0.05, 0.1) is 39.6 Å². The standard InChI is InChI=1S/C23H44N6O8/c1-22(2,3)36-20(31)26-9-7-8-18(28-21(32)37-23(4,5)6)19(30)25-10-12-33-14-16-35-17-15-34-13-11-27-29-24/h18H,7-17H2,1-6H3,(H,25,30)(H,26,31)(H,28,32)/t18-/m0/s1. The molecule has 0 aliphatic carbocycles. The molecule has 0 rings (SSSR count). The van der Waals surface area contributed by atoms with Gasteiger partial charge in [0.2, 0.25) is 5.91 Å². The van der Waals surface area contributed by atoms with Crippen molar-refractivity contribution in [3.05, 3.63) is 10.4 Å². The molecule has 0 saturated carbocycles. The van der Waals surface area contributed by atoms with Crippen LogP contribution in [0.4, 0.5) is 9.59 Å². The molecule has 0 aliphatic heterocycles. The summed E-state index contributed by atoms with van der Waals surface area (Å²) in [5, 5.41) is 11.3. The molecule has 0 heterocycles. The first-order chi connectivity index (χ1) is 17.3. The Kier molecular flexibility index (Phi) is 17.9. The smallest absolute Gasteiger partial charge is 0.408 e. The van der Waals surface area contributed by atoms with Gasteiger partial charge in [-0.1, -0.05) is 5.11 Å². The van der Waals surface area contributed by atoms with E-state index in [0.717, 1.165) is 0 Å². The topological polar surface area (TPSA) is 182 Å². The van der Waals surface area contributed by atoms with Gasteiger partial charge in [0.15, 0.2) is 0 Å². The normalized spacial score (nSPS) is 12.2. The second-order valence-electron chi connectivity index (χ2n) is 9.85. The van der Waals surface area contributed by atoms with Gasteiger partial charge in [-0.05, 0) is 59.9 Å². The number of hydrogen-bond donors (Lipinski definition) is 3. The maximum absolute atomic E-state index is 12.6. The SMILES string of the molecule is CC(C)(C)OC(=O)NCCC[C@H](NC(=O)OC(C)(C)C)C(=O)NCCOCCOCCOCCN=[N+]=[N-]. The highest BCUT2D eigenvalue weighted by atomic mass is 16.6. The van der Waals surface area contributed by atoms with Gasteiger partial charge in [-0.3, -0.25) is 4.79 Å². The van der Waals surface area contributed by atoms with E-state index in [1.165, 1.54) is 0 Å². The monoisotopic (exact) mass is 532 g/mol. The lowest BCUT2D eigenvalue weighted by atomic mass is 10.1. The number of alkyl carbamates (subject to hydrolysis) is 2. The van der Waals surface area contributed by atoms with Crippen LogP contribution in [0.25, 0.3) is 10.4 Å². The Hall–Kier alpha value is -2.80. The molecule has 0 bridgehead atoms. The van der Waals surface area contributed by atoms with Crippen LogP contribution in [-0.2, 0) is 28.5 Å². The Balaban J connectivity index is 4.29. The van der Waals surface area contributed by atoms with E-state index < -0.39 is 29.4 Å². The first-order valence-electron chi connectivity index (χ1n) is 12.3. The van der Waals surface area contributed by atoms with Gasteiger partial charge in [-0.15, -0.1) is 0 Å². The maximum Gasteiger partial charge on any atom is 0.408 e. The van der Waals surface area contributed by atoms with Gasteiger partial charge in [0.1, 0.15) is 17.2 Å².